The van der Waals surface area contributed by atoms with Gasteiger partial charge in [-0.25, -0.2) is 10.8 Å². The molecule has 6 nitrogen and oxygen atoms in total. The highest BCUT2D eigenvalue weighted by Crippen LogP contribution is 2.11. The van der Waals surface area contributed by atoms with Gasteiger partial charge >= 0.3 is 0 Å². The Morgan fingerprint density at radius 2 is 2.28 bits per heavy atom. The Morgan fingerprint density at radius 1 is 1.56 bits per heavy atom. The van der Waals surface area contributed by atoms with Crippen LogP contribution in [0.15, 0.2) is 18.3 Å². The van der Waals surface area contributed by atoms with Crippen LogP contribution in [0.5, 0.6) is 0 Å². The van der Waals surface area contributed by atoms with E-state index in [1.807, 2.05) is 13.8 Å². The summed E-state index contributed by atoms with van der Waals surface area (Å²) < 4.78 is 5.09. The summed E-state index contributed by atoms with van der Waals surface area (Å²) in [5.41, 5.74) is 2.83. The van der Waals surface area contributed by atoms with E-state index in [1.165, 1.54) is 0 Å². The minimum Gasteiger partial charge on any atom is -0.383 e. The van der Waals surface area contributed by atoms with Crippen molar-refractivity contribution >= 4 is 11.7 Å². The van der Waals surface area contributed by atoms with Crippen molar-refractivity contribution in [3.63, 3.8) is 0 Å². The molecule has 1 atom stereocenters. The summed E-state index contributed by atoms with van der Waals surface area (Å²) in [5, 5.41) is 2.91. The smallest absolute Gasteiger partial charge is 0.255 e. The number of nitrogens with zero attached hydrogens (tertiary/aromatic N) is 1. The normalized spacial score (nSPS) is 12.3. The number of hydrazine groups is 1. The number of carbonyl (C=O) groups is 1. The van der Waals surface area contributed by atoms with Crippen LogP contribution in [0.1, 0.15) is 24.2 Å². The van der Waals surface area contributed by atoms with Gasteiger partial charge in [-0.1, -0.05) is 13.8 Å². The van der Waals surface area contributed by atoms with Crippen molar-refractivity contribution in [1.29, 1.82) is 0 Å². The van der Waals surface area contributed by atoms with E-state index < -0.39 is 0 Å². The zero-order valence-corrected chi connectivity index (χ0v) is 10.9. The molecule has 0 aliphatic heterocycles. The van der Waals surface area contributed by atoms with Crippen LogP contribution in [0.3, 0.4) is 0 Å². The van der Waals surface area contributed by atoms with Crippen LogP contribution in [0.2, 0.25) is 0 Å². The van der Waals surface area contributed by atoms with Gasteiger partial charge in [-0.3, -0.25) is 4.79 Å². The Morgan fingerprint density at radius 3 is 2.83 bits per heavy atom. The molecule has 0 bridgehead atoms. The number of nitrogens with one attached hydrogen (secondary N) is 2. The number of rotatable bonds is 6. The average Bonchev–Trinajstić information content (AvgIpc) is 2.37. The third-order valence-corrected chi connectivity index (χ3v) is 2.66. The second-order valence-corrected chi connectivity index (χ2v) is 4.32. The molecule has 0 saturated heterocycles. The highest BCUT2D eigenvalue weighted by molar-refractivity contribution is 5.98. The maximum absolute atomic E-state index is 12.1. The maximum Gasteiger partial charge on any atom is 0.255 e. The summed E-state index contributed by atoms with van der Waals surface area (Å²) in [7, 11) is 1.61. The molecule has 4 N–H and O–H groups in total. The second kappa shape index (κ2) is 6.93. The molecule has 1 aromatic heterocycles. The predicted octanol–water partition coefficient (Wildman–Crippen LogP) is 0.768. The van der Waals surface area contributed by atoms with Crippen LogP contribution in [-0.2, 0) is 4.74 Å². The van der Waals surface area contributed by atoms with Crippen molar-refractivity contribution in [3.05, 3.63) is 23.9 Å². The summed E-state index contributed by atoms with van der Waals surface area (Å²) in [6.07, 6.45) is 1.57. The number of nitrogen functional groups attached to an aromatic ring is 1. The van der Waals surface area contributed by atoms with E-state index in [2.05, 4.69) is 15.7 Å². The third-order valence-electron chi connectivity index (χ3n) is 2.66. The number of carbonyl (C=O) groups excluding carboxylic acids is 1. The molecule has 0 fully saturated rings. The van der Waals surface area contributed by atoms with Crippen molar-refractivity contribution < 1.29 is 9.53 Å². The monoisotopic (exact) mass is 252 g/mol. The summed E-state index contributed by atoms with van der Waals surface area (Å²) in [6.45, 7) is 4.51. The molecule has 0 aromatic carbocycles. The second-order valence-electron chi connectivity index (χ2n) is 4.32. The lowest BCUT2D eigenvalue weighted by molar-refractivity contribution is 0.0867. The molecule has 1 aromatic rings. The van der Waals surface area contributed by atoms with Gasteiger partial charge in [-0.15, -0.1) is 0 Å². The molecule has 0 aliphatic carbocycles. The zero-order chi connectivity index (χ0) is 13.5. The van der Waals surface area contributed by atoms with Crippen molar-refractivity contribution in [1.82, 2.24) is 10.3 Å². The van der Waals surface area contributed by atoms with Gasteiger partial charge in [0.1, 0.15) is 0 Å². The average molecular weight is 252 g/mol. The SMILES string of the molecule is COCC(NC(=O)c1cccnc1NN)C(C)C. The van der Waals surface area contributed by atoms with Crippen LogP contribution >= 0.6 is 0 Å². The molecule has 1 rings (SSSR count). The van der Waals surface area contributed by atoms with Crippen LogP contribution in [0.25, 0.3) is 0 Å². The summed E-state index contributed by atoms with van der Waals surface area (Å²) in [6, 6.07) is 3.31. The van der Waals surface area contributed by atoms with E-state index in [-0.39, 0.29) is 17.9 Å². The predicted molar refractivity (Wildman–Crippen MR) is 70.0 cm³/mol. The Hall–Kier alpha value is -1.66. The molecule has 1 amide bonds. The van der Waals surface area contributed by atoms with Crippen LogP contribution < -0.4 is 16.6 Å². The standard InChI is InChI=1S/C12H20N4O2/c1-8(2)10(7-18-3)15-12(17)9-5-4-6-14-11(9)16-13/h4-6,8,10H,7,13H2,1-3H3,(H,14,16)(H,15,17). The van der Waals surface area contributed by atoms with Crippen LogP contribution in [0.4, 0.5) is 5.82 Å². The molecule has 0 spiro atoms. The van der Waals surface area contributed by atoms with Crippen LogP contribution in [0, 0.1) is 5.92 Å². The summed E-state index contributed by atoms with van der Waals surface area (Å²) >= 11 is 0. The van der Waals surface area contributed by atoms with Gasteiger partial charge in [0, 0.05) is 13.3 Å². The zero-order valence-electron chi connectivity index (χ0n) is 10.9. The Balaban J connectivity index is 2.80. The molecular formula is C12H20N4O2. The fraction of sp³-hybridized carbons (Fsp3) is 0.500. The molecule has 1 unspecified atom stereocenters. The molecule has 0 aliphatic rings. The minimum atomic E-state index is -0.216. The number of pyridine rings is 1. The van der Waals surface area contributed by atoms with Crippen molar-refractivity contribution in [2.75, 3.05) is 19.1 Å². The van der Waals surface area contributed by atoms with Gasteiger partial charge in [-0.2, -0.15) is 0 Å². The number of nitrogens with two attached hydrogens (primary N) is 1. The molecule has 100 valence electrons. The summed E-state index contributed by atoms with van der Waals surface area (Å²) in [5.74, 6) is 5.74. The van der Waals surface area contributed by atoms with Gasteiger partial charge in [0.2, 0.25) is 0 Å². The van der Waals surface area contributed by atoms with Crippen molar-refractivity contribution in [2.24, 2.45) is 11.8 Å². The maximum atomic E-state index is 12.1. The lowest BCUT2D eigenvalue weighted by Gasteiger charge is -2.21. The van der Waals surface area contributed by atoms with E-state index in [0.29, 0.717) is 18.0 Å². The third kappa shape index (κ3) is 3.68. The number of amides is 1. The quantitative estimate of drug-likeness (QED) is 0.514. The largest absolute Gasteiger partial charge is 0.383 e. The molecule has 18 heavy (non-hydrogen) atoms. The van der Waals surface area contributed by atoms with E-state index >= 15 is 0 Å². The van der Waals surface area contributed by atoms with Crippen LogP contribution in [-0.4, -0.2) is 30.6 Å². The number of hydrogen-bond acceptors (Lipinski definition) is 5. The highest BCUT2D eigenvalue weighted by atomic mass is 16.5. The fourth-order valence-electron chi connectivity index (χ4n) is 1.53. The number of hydrogen-bond donors (Lipinski definition) is 3. The molecule has 1 heterocycles. The fourth-order valence-corrected chi connectivity index (χ4v) is 1.53. The first kappa shape index (κ1) is 14.4. The highest BCUT2D eigenvalue weighted by Gasteiger charge is 2.19. The Kier molecular flexibility index (Phi) is 5.54. The van der Waals surface area contributed by atoms with E-state index in [9.17, 15) is 4.79 Å². The molecule has 6 heteroatoms. The Bertz CT molecular complexity index is 395. The van der Waals surface area contributed by atoms with Crippen molar-refractivity contribution in [3.8, 4) is 0 Å². The van der Waals surface area contributed by atoms with Gasteiger partial charge in [-0.05, 0) is 18.1 Å². The first-order valence-corrected chi connectivity index (χ1v) is 5.81. The number of aromatic nitrogens is 1. The number of methoxy groups -OCH3 is 1. The summed E-state index contributed by atoms with van der Waals surface area (Å²) in [4.78, 5) is 16.1. The molecular weight excluding hydrogens is 232 g/mol. The van der Waals surface area contributed by atoms with Crippen molar-refractivity contribution in [2.45, 2.75) is 19.9 Å². The lowest BCUT2D eigenvalue weighted by Crippen LogP contribution is -2.42. The van der Waals surface area contributed by atoms with E-state index in [1.54, 1.807) is 25.4 Å². The van der Waals surface area contributed by atoms with Gasteiger partial charge in [0.05, 0.1) is 18.2 Å². The minimum absolute atomic E-state index is 0.0478. The van der Waals surface area contributed by atoms with Gasteiger partial charge in [0.15, 0.2) is 5.82 Å². The van der Waals surface area contributed by atoms with Gasteiger partial charge in [0.25, 0.3) is 5.91 Å². The first-order valence-electron chi connectivity index (χ1n) is 5.81. The van der Waals surface area contributed by atoms with E-state index in [0.717, 1.165) is 0 Å². The number of ether oxygens (including phenoxy) is 1. The van der Waals surface area contributed by atoms with E-state index in [4.69, 9.17) is 10.6 Å². The number of anilines is 1. The first-order chi connectivity index (χ1) is 8.60. The molecule has 0 radical (unpaired) electrons. The topological polar surface area (TPSA) is 89.3 Å². The Labute approximate surface area is 107 Å². The van der Waals surface area contributed by atoms with Gasteiger partial charge < -0.3 is 15.5 Å². The molecule has 0 saturated carbocycles. The lowest BCUT2D eigenvalue weighted by atomic mass is 10.0.